The van der Waals surface area contributed by atoms with E-state index in [2.05, 4.69) is 29.6 Å². The van der Waals surface area contributed by atoms with E-state index in [-0.39, 0.29) is 6.04 Å². The van der Waals surface area contributed by atoms with Gasteiger partial charge in [0.1, 0.15) is 0 Å². The zero-order valence-corrected chi connectivity index (χ0v) is 8.60. The molecule has 3 nitrogen and oxygen atoms in total. The second-order valence-corrected chi connectivity index (χ2v) is 2.95. The molecule has 0 saturated carbocycles. The molecule has 0 heterocycles. The summed E-state index contributed by atoms with van der Waals surface area (Å²) in [7, 11) is 0. The van der Waals surface area contributed by atoms with Gasteiger partial charge in [0.25, 0.3) is 0 Å². The predicted molar refractivity (Wildman–Crippen MR) is 58.1 cm³/mol. The number of hydrazone groups is 1. The quantitative estimate of drug-likeness (QED) is 0.441. The van der Waals surface area contributed by atoms with Gasteiger partial charge in [-0.2, -0.15) is 0 Å². The van der Waals surface area contributed by atoms with Crippen molar-refractivity contribution in [1.82, 2.24) is 5.43 Å². The van der Waals surface area contributed by atoms with Crippen LogP contribution in [0.25, 0.3) is 0 Å². The minimum atomic E-state index is 0.202. The highest BCUT2D eigenvalue weighted by atomic mass is 16.5. The molecule has 14 heavy (non-hydrogen) atoms. The molecule has 0 bridgehead atoms. The number of benzene rings is 1. The Morgan fingerprint density at radius 2 is 2.14 bits per heavy atom. The van der Waals surface area contributed by atoms with Gasteiger partial charge in [0.15, 0.2) is 6.40 Å². The molecule has 0 aliphatic carbocycles. The minimum absolute atomic E-state index is 0.202. The van der Waals surface area contributed by atoms with Crippen LogP contribution in [0.15, 0.2) is 35.4 Å². The van der Waals surface area contributed by atoms with Gasteiger partial charge >= 0.3 is 0 Å². The summed E-state index contributed by atoms with van der Waals surface area (Å²) in [5, 5.41) is 3.94. The van der Waals surface area contributed by atoms with Crippen molar-refractivity contribution in [2.45, 2.75) is 19.9 Å². The van der Waals surface area contributed by atoms with Crippen molar-refractivity contribution in [2.24, 2.45) is 5.10 Å². The fraction of sp³-hybridized carbons (Fsp3) is 0.364. The SMILES string of the molecule is CCO/C=N/NC(C)c1ccccc1. The second-order valence-electron chi connectivity index (χ2n) is 2.95. The second kappa shape index (κ2) is 6.02. The molecule has 1 atom stereocenters. The van der Waals surface area contributed by atoms with E-state index in [1.807, 2.05) is 25.1 Å². The topological polar surface area (TPSA) is 33.6 Å². The van der Waals surface area contributed by atoms with Gasteiger partial charge in [-0.1, -0.05) is 30.3 Å². The third-order valence-corrected chi connectivity index (χ3v) is 1.86. The molecular weight excluding hydrogens is 176 g/mol. The maximum Gasteiger partial charge on any atom is 0.192 e. The Balaban J connectivity index is 2.39. The summed E-state index contributed by atoms with van der Waals surface area (Å²) in [6.45, 7) is 4.62. The van der Waals surface area contributed by atoms with Crippen LogP contribution in [-0.4, -0.2) is 13.0 Å². The zero-order chi connectivity index (χ0) is 10.2. The normalized spacial score (nSPS) is 12.7. The number of rotatable bonds is 5. The van der Waals surface area contributed by atoms with E-state index in [1.165, 1.54) is 12.0 Å². The van der Waals surface area contributed by atoms with Crippen molar-refractivity contribution >= 4 is 6.40 Å². The molecule has 76 valence electrons. The smallest absolute Gasteiger partial charge is 0.192 e. The Morgan fingerprint density at radius 3 is 2.79 bits per heavy atom. The molecular formula is C11H16N2O. The summed E-state index contributed by atoms with van der Waals surface area (Å²) in [5.74, 6) is 0. The first kappa shape index (κ1) is 10.6. The molecule has 0 aliphatic rings. The Morgan fingerprint density at radius 1 is 1.43 bits per heavy atom. The fourth-order valence-corrected chi connectivity index (χ4v) is 1.07. The molecule has 1 N–H and O–H groups in total. The first-order valence-corrected chi connectivity index (χ1v) is 4.78. The van der Waals surface area contributed by atoms with Gasteiger partial charge < -0.3 is 4.74 Å². The van der Waals surface area contributed by atoms with Crippen molar-refractivity contribution in [3.8, 4) is 0 Å². The monoisotopic (exact) mass is 192 g/mol. The molecule has 1 rings (SSSR count). The van der Waals surface area contributed by atoms with Crippen molar-refractivity contribution in [3.63, 3.8) is 0 Å². The Hall–Kier alpha value is -1.51. The third-order valence-electron chi connectivity index (χ3n) is 1.86. The van der Waals surface area contributed by atoms with Gasteiger partial charge in [-0.25, -0.2) is 0 Å². The van der Waals surface area contributed by atoms with Crippen molar-refractivity contribution in [3.05, 3.63) is 35.9 Å². The first-order chi connectivity index (χ1) is 6.84. The van der Waals surface area contributed by atoms with Crippen LogP contribution in [0, 0.1) is 0 Å². The van der Waals surface area contributed by atoms with Gasteiger partial charge in [-0.15, -0.1) is 5.10 Å². The summed E-state index contributed by atoms with van der Waals surface area (Å²) >= 11 is 0. The van der Waals surface area contributed by atoms with Gasteiger partial charge in [0.05, 0.1) is 12.6 Å². The third kappa shape index (κ3) is 3.47. The molecule has 0 aromatic heterocycles. The predicted octanol–water partition coefficient (Wildman–Crippen LogP) is 2.32. The lowest BCUT2D eigenvalue weighted by molar-refractivity contribution is 0.338. The van der Waals surface area contributed by atoms with Crippen LogP contribution in [0.2, 0.25) is 0 Å². The fourth-order valence-electron chi connectivity index (χ4n) is 1.07. The van der Waals surface area contributed by atoms with E-state index in [4.69, 9.17) is 4.74 Å². The van der Waals surface area contributed by atoms with Gasteiger partial charge in [-0.3, -0.25) is 5.43 Å². The molecule has 0 saturated heterocycles. The molecule has 0 radical (unpaired) electrons. The van der Waals surface area contributed by atoms with E-state index in [9.17, 15) is 0 Å². The van der Waals surface area contributed by atoms with Crippen LogP contribution in [0.4, 0.5) is 0 Å². The van der Waals surface area contributed by atoms with Gasteiger partial charge in [0, 0.05) is 0 Å². The standard InChI is InChI=1S/C11H16N2O/c1-3-14-9-12-13-10(2)11-7-5-4-6-8-11/h4-10,13H,3H2,1-2H3/b12-9+. The largest absolute Gasteiger partial charge is 0.482 e. The zero-order valence-electron chi connectivity index (χ0n) is 8.60. The number of hydrogen-bond acceptors (Lipinski definition) is 3. The van der Waals surface area contributed by atoms with E-state index >= 15 is 0 Å². The van der Waals surface area contributed by atoms with Crippen LogP contribution >= 0.6 is 0 Å². The number of nitrogens with one attached hydrogen (secondary N) is 1. The van der Waals surface area contributed by atoms with Crippen molar-refractivity contribution in [2.75, 3.05) is 6.61 Å². The summed E-state index contributed by atoms with van der Waals surface area (Å²) in [6.07, 6.45) is 1.43. The average molecular weight is 192 g/mol. The van der Waals surface area contributed by atoms with Crippen molar-refractivity contribution in [1.29, 1.82) is 0 Å². The Labute approximate surface area is 84.8 Å². The summed E-state index contributed by atoms with van der Waals surface area (Å²) in [6, 6.07) is 10.4. The minimum Gasteiger partial charge on any atom is -0.482 e. The van der Waals surface area contributed by atoms with Crippen LogP contribution in [0.5, 0.6) is 0 Å². The van der Waals surface area contributed by atoms with E-state index in [0.717, 1.165) is 0 Å². The molecule has 0 spiro atoms. The maximum atomic E-state index is 4.97. The van der Waals surface area contributed by atoms with Crippen LogP contribution < -0.4 is 5.43 Å². The van der Waals surface area contributed by atoms with Crippen LogP contribution in [0.3, 0.4) is 0 Å². The van der Waals surface area contributed by atoms with E-state index in [0.29, 0.717) is 6.61 Å². The molecule has 0 amide bonds. The Kier molecular flexibility index (Phi) is 4.55. The first-order valence-electron chi connectivity index (χ1n) is 4.78. The lowest BCUT2D eigenvalue weighted by Crippen LogP contribution is -2.12. The highest BCUT2D eigenvalue weighted by Gasteiger charge is 2.00. The summed E-state index contributed by atoms with van der Waals surface area (Å²) in [5.41, 5.74) is 4.19. The summed E-state index contributed by atoms with van der Waals surface area (Å²) < 4.78 is 4.97. The molecule has 3 heteroatoms. The number of hydrogen-bond donors (Lipinski definition) is 1. The van der Waals surface area contributed by atoms with Crippen LogP contribution in [-0.2, 0) is 4.74 Å². The average Bonchev–Trinajstić information content (AvgIpc) is 2.25. The van der Waals surface area contributed by atoms with Gasteiger partial charge in [-0.05, 0) is 19.4 Å². The molecule has 1 unspecified atom stereocenters. The van der Waals surface area contributed by atoms with Crippen LogP contribution in [0.1, 0.15) is 25.5 Å². The lowest BCUT2D eigenvalue weighted by atomic mass is 10.1. The lowest BCUT2D eigenvalue weighted by Gasteiger charge is -2.10. The van der Waals surface area contributed by atoms with E-state index in [1.54, 1.807) is 0 Å². The molecule has 0 fully saturated rings. The summed E-state index contributed by atoms with van der Waals surface area (Å²) in [4.78, 5) is 0. The molecule has 1 aromatic carbocycles. The molecule has 1 aromatic rings. The Bertz CT molecular complexity index is 272. The highest BCUT2D eigenvalue weighted by Crippen LogP contribution is 2.10. The number of nitrogens with zero attached hydrogens (tertiary/aromatic N) is 1. The highest BCUT2D eigenvalue weighted by molar-refractivity contribution is 5.45. The van der Waals surface area contributed by atoms with Crippen molar-refractivity contribution < 1.29 is 4.74 Å². The maximum absolute atomic E-state index is 4.97. The molecule has 0 aliphatic heterocycles. The number of ether oxygens (including phenoxy) is 1. The van der Waals surface area contributed by atoms with Gasteiger partial charge in [0.2, 0.25) is 0 Å². The van der Waals surface area contributed by atoms with E-state index < -0.39 is 0 Å².